The molecule has 1 aliphatic heterocycles. The van der Waals surface area contributed by atoms with Gasteiger partial charge < -0.3 is 19.5 Å². The molecule has 1 aliphatic rings. The first-order chi connectivity index (χ1) is 13.1. The van der Waals surface area contributed by atoms with Crippen LogP contribution in [0.15, 0.2) is 42.5 Å². The molecule has 0 aromatic heterocycles. The lowest BCUT2D eigenvalue weighted by atomic mass is 10.2. The molecule has 0 radical (unpaired) electrons. The topological polar surface area (TPSA) is 60.0 Å². The van der Waals surface area contributed by atoms with Gasteiger partial charge in [-0.15, -0.1) is 0 Å². The summed E-state index contributed by atoms with van der Waals surface area (Å²) >= 11 is 5.84. The second kappa shape index (κ2) is 9.48. The number of fused-ring (bicyclic) bond motifs is 1. The zero-order valence-corrected chi connectivity index (χ0v) is 16.0. The largest absolute Gasteiger partial charge is 0.492 e. The van der Waals surface area contributed by atoms with Gasteiger partial charge in [-0.3, -0.25) is 9.69 Å². The number of amides is 1. The first-order valence-corrected chi connectivity index (χ1v) is 9.24. The minimum atomic E-state index is -0.0986. The van der Waals surface area contributed by atoms with Crippen LogP contribution < -0.4 is 19.5 Å². The number of rotatable bonds is 7. The highest BCUT2D eigenvalue weighted by molar-refractivity contribution is 6.30. The molecule has 27 heavy (non-hydrogen) atoms. The Kier molecular flexibility index (Phi) is 6.79. The Bertz CT molecular complexity index is 767. The highest BCUT2D eigenvalue weighted by atomic mass is 35.5. The van der Waals surface area contributed by atoms with Gasteiger partial charge in [-0.1, -0.05) is 11.6 Å². The Morgan fingerprint density at radius 1 is 1.15 bits per heavy atom. The summed E-state index contributed by atoms with van der Waals surface area (Å²) in [6.07, 6.45) is 0.846. The molecule has 0 aliphatic carbocycles. The Morgan fingerprint density at radius 2 is 1.89 bits per heavy atom. The number of carbonyl (C=O) groups is 1. The average Bonchev–Trinajstić information content (AvgIpc) is 2.88. The number of ether oxygens (including phenoxy) is 3. The highest BCUT2D eigenvalue weighted by Gasteiger charge is 2.13. The molecule has 1 heterocycles. The van der Waals surface area contributed by atoms with Crippen molar-refractivity contribution in [1.29, 1.82) is 0 Å². The Hall–Kier alpha value is -2.44. The van der Waals surface area contributed by atoms with Gasteiger partial charge in [0.2, 0.25) is 5.91 Å². The smallest absolute Gasteiger partial charge is 0.238 e. The van der Waals surface area contributed by atoms with Gasteiger partial charge >= 0.3 is 0 Å². The lowest BCUT2D eigenvalue weighted by molar-refractivity contribution is -0.117. The number of anilines is 1. The molecule has 0 saturated heterocycles. The van der Waals surface area contributed by atoms with Crippen molar-refractivity contribution in [3.8, 4) is 17.2 Å². The predicted octanol–water partition coefficient (Wildman–Crippen LogP) is 3.45. The molecule has 0 bridgehead atoms. The van der Waals surface area contributed by atoms with E-state index in [-0.39, 0.29) is 12.5 Å². The van der Waals surface area contributed by atoms with Crippen molar-refractivity contribution >= 4 is 23.2 Å². The number of hydrogen-bond acceptors (Lipinski definition) is 5. The third-order valence-corrected chi connectivity index (χ3v) is 4.25. The van der Waals surface area contributed by atoms with Gasteiger partial charge in [0.1, 0.15) is 12.4 Å². The fourth-order valence-corrected chi connectivity index (χ4v) is 2.74. The van der Waals surface area contributed by atoms with Crippen molar-refractivity contribution in [2.45, 2.75) is 6.42 Å². The van der Waals surface area contributed by atoms with Gasteiger partial charge in [0.15, 0.2) is 11.5 Å². The van der Waals surface area contributed by atoms with Crippen LogP contribution in [0.2, 0.25) is 5.02 Å². The molecule has 1 N–H and O–H groups in total. The molecule has 3 rings (SSSR count). The number of likely N-dealkylation sites (N-methyl/N-ethyl adjacent to an activating group) is 1. The van der Waals surface area contributed by atoms with Crippen LogP contribution in [0.1, 0.15) is 6.42 Å². The summed E-state index contributed by atoms with van der Waals surface area (Å²) < 4.78 is 16.9. The second-order valence-corrected chi connectivity index (χ2v) is 6.74. The maximum absolute atomic E-state index is 12.2. The van der Waals surface area contributed by atoms with Crippen LogP contribution in [0, 0.1) is 0 Å². The standard InChI is InChI=1S/C20H23ClN2O4/c1-23(9-12-25-17-6-3-15(21)4-7-17)14-20(24)22-16-5-8-18-19(13-16)27-11-2-10-26-18/h3-8,13H,2,9-12,14H2,1H3,(H,22,24). The summed E-state index contributed by atoms with van der Waals surface area (Å²) in [5, 5.41) is 3.56. The van der Waals surface area contributed by atoms with E-state index in [9.17, 15) is 4.79 Å². The molecule has 2 aromatic rings. The molecule has 7 heteroatoms. The van der Waals surface area contributed by atoms with Crippen LogP contribution in [0.4, 0.5) is 5.69 Å². The van der Waals surface area contributed by atoms with Crippen molar-refractivity contribution < 1.29 is 19.0 Å². The van der Waals surface area contributed by atoms with Crippen molar-refractivity contribution in [2.75, 3.05) is 45.3 Å². The van der Waals surface area contributed by atoms with Crippen LogP contribution in [0.3, 0.4) is 0 Å². The van der Waals surface area contributed by atoms with Crippen molar-refractivity contribution in [2.24, 2.45) is 0 Å². The number of nitrogens with zero attached hydrogens (tertiary/aromatic N) is 1. The van der Waals surface area contributed by atoms with Gasteiger partial charge in [0.25, 0.3) is 0 Å². The Balaban J connectivity index is 1.43. The van der Waals surface area contributed by atoms with Crippen LogP contribution in [-0.4, -0.2) is 50.8 Å². The van der Waals surface area contributed by atoms with E-state index in [0.717, 1.165) is 12.2 Å². The monoisotopic (exact) mass is 390 g/mol. The van der Waals surface area contributed by atoms with Crippen LogP contribution in [-0.2, 0) is 4.79 Å². The van der Waals surface area contributed by atoms with Crippen molar-refractivity contribution in [3.05, 3.63) is 47.5 Å². The van der Waals surface area contributed by atoms with Gasteiger partial charge in [-0.2, -0.15) is 0 Å². The van der Waals surface area contributed by atoms with E-state index >= 15 is 0 Å². The Morgan fingerprint density at radius 3 is 2.67 bits per heavy atom. The fourth-order valence-electron chi connectivity index (χ4n) is 2.62. The average molecular weight is 391 g/mol. The SMILES string of the molecule is CN(CCOc1ccc(Cl)cc1)CC(=O)Nc1ccc2c(c1)OCCCO2. The molecular weight excluding hydrogens is 368 g/mol. The van der Waals surface area contributed by atoms with Gasteiger partial charge in [0.05, 0.1) is 19.8 Å². The van der Waals surface area contributed by atoms with E-state index in [1.807, 2.05) is 36.2 Å². The number of hydrogen-bond donors (Lipinski definition) is 1. The summed E-state index contributed by atoms with van der Waals surface area (Å²) in [4.78, 5) is 14.1. The third kappa shape index (κ3) is 6.05. The van der Waals surface area contributed by atoms with Gasteiger partial charge in [-0.25, -0.2) is 0 Å². The number of halogens is 1. The fraction of sp³-hybridized carbons (Fsp3) is 0.350. The number of benzene rings is 2. The summed E-state index contributed by atoms with van der Waals surface area (Å²) in [5.74, 6) is 2.03. The molecule has 1 amide bonds. The zero-order valence-electron chi connectivity index (χ0n) is 15.2. The van der Waals surface area contributed by atoms with E-state index in [2.05, 4.69) is 5.32 Å². The molecule has 144 valence electrons. The Labute approximate surface area is 164 Å². The summed E-state index contributed by atoms with van der Waals surface area (Å²) in [5.41, 5.74) is 0.690. The van der Waals surface area contributed by atoms with E-state index in [4.69, 9.17) is 25.8 Å². The lowest BCUT2D eigenvalue weighted by Gasteiger charge is -2.17. The number of carbonyl (C=O) groups excluding carboxylic acids is 1. The molecule has 0 fully saturated rings. The van der Waals surface area contributed by atoms with Gasteiger partial charge in [0, 0.05) is 29.7 Å². The first-order valence-electron chi connectivity index (χ1n) is 8.86. The summed E-state index contributed by atoms with van der Waals surface area (Å²) in [7, 11) is 1.87. The number of nitrogens with one attached hydrogen (secondary N) is 1. The van der Waals surface area contributed by atoms with Crippen molar-refractivity contribution in [3.63, 3.8) is 0 Å². The van der Waals surface area contributed by atoms with Crippen LogP contribution in [0.25, 0.3) is 0 Å². The first kappa shape index (κ1) is 19.3. The third-order valence-electron chi connectivity index (χ3n) is 4.00. The molecule has 0 saturated carbocycles. The van der Waals surface area contributed by atoms with E-state index < -0.39 is 0 Å². The van der Waals surface area contributed by atoms with E-state index in [1.165, 1.54) is 0 Å². The zero-order chi connectivity index (χ0) is 19.1. The van der Waals surface area contributed by atoms with Crippen LogP contribution >= 0.6 is 11.6 Å². The maximum atomic E-state index is 12.2. The van der Waals surface area contributed by atoms with E-state index in [0.29, 0.717) is 48.6 Å². The van der Waals surface area contributed by atoms with Crippen molar-refractivity contribution in [1.82, 2.24) is 4.90 Å². The molecule has 0 unspecified atom stereocenters. The quantitative estimate of drug-likeness (QED) is 0.784. The highest BCUT2D eigenvalue weighted by Crippen LogP contribution is 2.32. The lowest BCUT2D eigenvalue weighted by Crippen LogP contribution is -2.33. The molecule has 0 atom stereocenters. The van der Waals surface area contributed by atoms with Crippen LogP contribution in [0.5, 0.6) is 17.2 Å². The minimum absolute atomic E-state index is 0.0986. The summed E-state index contributed by atoms with van der Waals surface area (Å²) in [6, 6.07) is 12.6. The van der Waals surface area contributed by atoms with E-state index in [1.54, 1.807) is 18.2 Å². The minimum Gasteiger partial charge on any atom is -0.492 e. The predicted molar refractivity (Wildman–Crippen MR) is 105 cm³/mol. The second-order valence-electron chi connectivity index (χ2n) is 6.30. The molecular formula is C20H23ClN2O4. The maximum Gasteiger partial charge on any atom is 0.238 e. The van der Waals surface area contributed by atoms with Gasteiger partial charge in [-0.05, 0) is 43.4 Å². The molecule has 0 spiro atoms. The molecule has 2 aromatic carbocycles. The summed E-state index contributed by atoms with van der Waals surface area (Å²) in [6.45, 7) is 2.62. The normalized spacial score (nSPS) is 13.1. The molecule has 6 nitrogen and oxygen atoms in total.